The summed E-state index contributed by atoms with van der Waals surface area (Å²) in [4.78, 5) is 16.9. The van der Waals surface area contributed by atoms with E-state index in [0.29, 0.717) is 32.8 Å². The molecule has 0 saturated carbocycles. The molecule has 2 aromatic heterocycles. The molecule has 0 spiro atoms. The van der Waals surface area contributed by atoms with Crippen molar-refractivity contribution in [2.45, 2.75) is 13.8 Å². The van der Waals surface area contributed by atoms with E-state index in [9.17, 15) is 9.18 Å². The van der Waals surface area contributed by atoms with Crippen LogP contribution in [0.4, 0.5) is 4.39 Å². The van der Waals surface area contributed by atoms with Gasteiger partial charge in [0.25, 0.3) is 0 Å². The Balaban J connectivity index is 2.40. The van der Waals surface area contributed by atoms with Crippen LogP contribution in [0, 0.1) is 12.7 Å². The Hall–Kier alpha value is -2.41. The molecule has 0 radical (unpaired) electrons. The third-order valence-corrected chi connectivity index (χ3v) is 4.41. The average molecular weight is 407 g/mol. The number of nitrogens with zero attached hydrogens (tertiary/aromatic N) is 2. The Labute approximate surface area is 152 Å². The van der Waals surface area contributed by atoms with Crippen LogP contribution in [0.5, 0.6) is 5.88 Å². The quantitative estimate of drug-likeness (QED) is 0.602. The molecule has 0 saturated heterocycles. The van der Waals surface area contributed by atoms with E-state index in [4.69, 9.17) is 9.47 Å². The van der Waals surface area contributed by atoms with Gasteiger partial charge in [-0.25, -0.2) is 14.2 Å². The van der Waals surface area contributed by atoms with Gasteiger partial charge in [-0.2, -0.15) is 0 Å². The zero-order valence-electron chi connectivity index (χ0n) is 14.0. The van der Waals surface area contributed by atoms with Crippen molar-refractivity contribution in [2.75, 3.05) is 13.7 Å². The number of halogens is 2. The Morgan fingerprint density at radius 2 is 2.08 bits per heavy atom. The number of aryl methyl sites for hydroxylation is 1. The Morgan fingerprint density at radius 1 is 1.32 bits per heavy atom. The van der Waals surface area contributed by atoms with Crippen LogP contribution in [0.1, 0.15) is 23.0 Å². The first kappa shape index (κ1) is 17.4. The van der Waals surface area contributed by atoms with Crippen LogP contribution in [0.25, 0.3) is 16.9 Å². The van der Waals surface area contributed by atoms with E-state index in [1.807, 2.05) is 0 Å². The van der Waals surface area contributed by atoms with Crippen LogP contribution in [-0.4, -0.2) is 29.1 Å². The number of benzene rings is 1. The van der Waals surface area contributed by atoms with E-state index in [1.165, 1.54) is 13.2 Å². The number of imidazole rings is 1. The number of esters is 1. The molecule has 0 aliphatic heterocycles. The summed E-state index contributed by atoms with van der Waals surface area (Å²) in [7, 11) is 1.53. The number of hydrogen-bond acceptors (Lipinski definition) is 4. The summed E-state index contributed by atoms with van der Waals surface area (Å²) < 4.78 is 26.7. The minimum atomic E-state index is -0.544. The van der Waals surface area contributed by atoms with Crippen molar-refractivity contribution in [3.05, 3.63) is 51.9 Å². The fraction of sp³-hybridized carbons (Fsp3) is 0.222. The van der Waals surface area contributed by atoms with Gasteiger partial charge in [0.05, 0.1) is 23.9 Å². The maximum absolute atomic E-state index is 13.7. The standard InChI is InChI=1S/C18H16BrFN2O3/c1-4-25-18(23)15-16(11-5-7-13(20)10(2)9-11)22-14(24-3)8-6-12(19)17(22)21-15/h5-9H,4H2,1-3H3. The predicted octanol–water partition coefficient (Wildman–Crippen LogP) is 4.40. The van der Waals surface area contributed by atoms with Crippen molar-refractivity contribution in [1.82, 2.24) is 9.38 Å². The number of hydrogen-bond donors (Lipinski definition) is 0. The summed E-state index contributed by atoms with van der Waals surface area (Å²) in [6.07, 6.45) is 0. The van der Waals surface area contributed by atoms with Crippen LogP contribution in [0.3, 0.4) is 0 Å². The number of pyridine rings is 1. The highest BCUT2D eigenvalue weighted by Crippen LogP contribution is 2.33. The topological polar surface area (TPSA) is 52.8 Å². The van der Waals surface area contributed by atoms with Crippen LogP contribution >= 0.6 is 15.9 Å². The highest BCUT2D eigenvalue weighted by atomic mass is 79.9. The summed E-state index contributed by atoms with van der Waals surface area (Å²) in [5, 5.41) is 0. The zero-order valence-corrected chi connectivity index (χ0v) is 15.6. The number of rotatable bonds is 4. The van der Waals surface area contributed by atoms with E-state index < -0.39 is 5.97 Å². The van der Waals surface area contributed by atoms with Crippen molar-refractivity contribution < 1.29 is 18.7 Å². The predicted molar refractivity (Wildman–Crippen MR) is 95.5 cm³/mol. The van der Waals surface area contributed by atoms with Gasteiger partial charge in [-0.05, 0) is 59.6 Å². The van der Waals surface area contributed by atoms with Crippen molar-refractivity contribution in [3.63, 3.8) is 0 Å². The zero-order chi connectivity index (χ0) is 18.1. The highest BCUT2D eigenvalue weighted by Gasteiger charge is 2.25. The first-order valence-corrected chi connectivity index (χ1v) is 8.45. The van der Waals surface area contributed by atoms with Gasteiger partial charge < -0.3 is 9.47 Å². The second-order valence-corrected chi connectivity index (χ2v) is 6.23. The molecular weight excluding hydrogens is 391 g/mol. The Kier molecular flexibility index (Phi) is 4.76. The molecule has 3 rings (SSSR count). The second-order valence-electron chi connectivity index (χ2n) is 5.38. The summed E-state index contributed by atoms with van der Waals surface area (Å²) in [6, 6.07) is 8.18. The first-order chi connectivity index (χ1) is 12.0. The smallest absolute Gasteiger partial charge is 0.359 e. The summed E-state index contributed by atoms with van der Waals surface area (Å²) in [5.74, 6) is -0.362. The van der Waals surface area contributed by atoms with Gasteiger partial charge in [0.15, 0.2) is 17.2 Å². The van der Waals surface area contributed by atoms with E-state index in [0.717, 1.165) is 0 Å². The van der Waals surface area contributed by atoms with Gasteiger partial charge in [-0.3, -0.25) is 4.40 Å². The Morgan fingerprint density at radius 3 is 2.72 bits per heavy atom. The van der Waals surface area contributed by atoms with Crippen molar-refractivity contribution in [2.24, 2.45) is 0 Å². The molecular formula is C18H16BrFN2O3. The van der Waals surface area contributed by atoms with Crippen molar-refractivity contribution in [1.29, 1.82) is 0 Å². The van der Waals surface area contributed by atoms with Crippen LogP contribution in [0.15, 0.2) is 34.8 Å². The van der Waals surface area contributed by atoms with E-state index >= 15 is 0 Å². The average Bonchev–Trinajstić information content (AvgIpc) is 3.00. The first-order valence-electron chi connectivity index (χ1n) is 7.66. The van der Waals surface area contributed by atoms with Gasteiger partial charge in [-0.15, -0.1) is 0 Å². The van der Waals surface area contributed by atoms with Gasteiger partial charge in [0, 0.05) is 11.6 Å². The fourth-order valence-electron chi connectivity index (χ4n) is 2.65. The van der Waals surface area contributed by atoms with Crippen molar-refractivity contribution >= 4 is 27.5 Å². The molecule has 3 aromatic rings. The lowest BCUT2D eigenvalue weighted by molar-refractivity contribution is 0.0521. The van der Waals surface area contributed by atoms with Crippen molar-refractivity contribution in [3.8, 4) is 17.1 Å². The number of fused-ring (bicyclic) bond motifs is 1. The number of carbonyl (C=O) groups is 1. The molecule has 7 heteroatoms. The molecule has 0 aliphatic carbocycles. The lowest BCUT2D eigenvalue weighted by Crippen LogP contribution is -2.07. The molecule has 1 aromatic carbocycles. The molecule has 0 amide bonds. The largest absolute Gasteiger partial charge is 0.482 e. The third-order valence-electron chi connectivity index (χ3n) is 3.79. The number of aromatic nitrogens is 2. The minimum Gasteiger partial charge on any atom is -0.482 e. The normalized spacial score (nSPS) is 10.9. The minimum absolute atomic E-state index is 0.151. The fourth-order valence-corrected chi connectivity index (χ4v) is 3.05. The van der Waals surface area contributed by atoms with Crippen LogP contribution in [0.2, 0.25) is 0 Å². The van der Waals surface area contributed by atoms with Gasteiger partial charge in [0.2, 0.25) is 0 Å². The maximum Gasteiger partial charge on any atom is 0.359 e. The molecule has 0 atom stereocenters. The van der Waals surface area contributed by atoms with Gasteiger partial charge >= 0.3 is 5.97 Å². The summed E-state index contributed by atoms with van der Waals surface area (Å²) in [5.41, 5.74) is 2.27. The molecule has 0 fully saturated rings. The number of methoxy groups -OCH3 is 1. The SMILES string of the molecule is CCOC(=O)c1nc2c(Br)ccc(OC)n2c1-c1ccc(F)c(C)c1. The van der Waals surface area contributed by atoms with Crippen LogP contribution in [-0.2, 0) is 4.74 Å². The van der Waals surface area contributed by atoms with Gasteiger partial charge in [0.1, 0.15) is 5.82 Å². The highest BCUT2D eigenvalue weighted by molar-refractivity contribution is 9.10. The van der Waals surface area contributed by atoms with E-state index in [2.05, 4.69) is 20.9 Å². The molecule has 5 nitrogen and oxygen atoms in total. The van der Waals surface area contributed by atoms with Crippen LogP contribution < -0.4 is 4.74 Å². The number of carbonyl (C=O) groups excluding carboxylic acids is 1. The molecule has 25 heavy (non-hydrogen) atoms. The lowest BCUT2D eigenvalue weighted by atomic mass is 10.1. The molecule has 0 bridgehead atoms. The summed E-state index contributed by atoms with van der Waals surface area (Å²) in [6.45, 7) is 3.62. The molecule has 2 heterocycles. The van der Waals surface area contributed by atoms with E-state index in [-0.39, 0.29) is 18.1 Å². The maximum atomic E-state index is 13.7. The lowest BCUT2D eigenvalue weighted by Gasteiger charge is -2.10. The van der Waals surface area contributed by atoms with Gasteiger partial charge in [-0.1, -0.05) is 0 Å². The summed E-state index contributed by atoms with van der Waals surface area (Å²) >= 11 is 3.44. The van der Waals surface area contributed by atoms with E-state index in [1.54, 1.807) is 42.5 Å². The molecule has 0 aliphatic rings. The molecule has 130 valence electrons. The molecule has 0 N–H and O–H groups in total. The third kappa shape index (κ3) is 3.00. The Bertz CT molecular complexity index is 969. The number of ether oxygens (including phenoxy) is 2. The second kappa shape index (κ2) is 6.84. The molecule has 0 unspecified atom stereocenters. The monoisotopic (exact) mass is 406 g/mol.